The van der Waals surface area contributed by atoms with E-state index in [-0.39, 0.29) is 16.6 Å². The van der Waals surface area contributed by atoms with Crippen molar-refractivity contribution in [1.82, 2.24) is 10.2 Å². The summed E-state index contributed by atoms with van der Waals surface area (Å²) in [5.74, 6) is 0.489. The maximum absolute atomic E-state index is 6.27. The third-order valence-corrected chi connectivity index (χ3v) is 6.36. The van der Waals surface area contributed by atoms with E-state index in [0.717, 1.165) is 34.8 Å². The maximum atomic E-state index is 6.27. The van der Waals surface area contributed by atoms with Crippen LogP contribution in [0.3, 0.4) is 0 Å². The Morgan fingerprint density at radius 2 is 1.75 bits per heavy atom. The summed E-state index contributed by atoms with van der Waals surface area (Å²) in [6.07, 6.45) is 10.4. The molecule has 1 aromatic heterocycles. The number of anilines is 1. The lowest BCUT2D eigenvalue weighted by molar-refractivity contribution is 0.00578. The van der Waals surface area contributed by atoms with Gasteiger partial charge in [-0.25, -0.2) is 0 Å². The molecule has 146 valence electrons. The number of nitrogens with two attached hydrogens (primary N) is 1. The summed E-state index contributed by atoms with van der Waals surface area (Å²) in [5, 5.41) is 9.51. The number of nitrogen functional groups attached to an aromatic ring is 1. The third-order valence-electron chi connectivity index (χ3n) is 6.36. The minimum absolute atomic E-state index is 0.0131. The van der Waals surface area contributed by atoms with Crippen LogP contribution in [0, 0.1) is 5.41 Å². The first kappa shape index (κ1) is 19.2. The molecule has 1 saturated heterocycles. The zero-order valence-electron chi connectivity index (χ0n) is 17.3. The van der Waals surface area contributed by atoms with E-state index in [1.165, 1.54) is 0 Å². The Kier molecular flexibility index (Phi) is 4.40. The third kappa shape index (κ3) is 3.25. The normalized spacial score (nSPS) is 25.5. The van der Waals surface area contributed by atoms with Crippen LogP contribution in [0.2, 0.25) is 0 Å². The molecule has 4 rings (SSSR count). The predicted octanol–water partition coefficient (Wildman–Crippen LogP) is 3.58. The molecule has 0 spiro atoms. The maximum Gasteiger partial charge on any atom is 0.494 e. The van der Waals surface area contributed by atoms with E-state index in [1.807, 2.05) is 12.1 Å². The van der Waals surface area contributed by atoms with Crippen molar-refractivity contribution in [1.29, 1.82) is 0 Å². The van der Waals surface area contributed by atoms with Gasteiger partial charge in [0, 0.05) is 10.9 Å². The lowest BCUT2D eigenvalue weighted by atomic mass is 9.76. The fourth-order valence-corrected chi connectivity index (χ4v) is 3.81. The van der Waals surface area contributed by atoms with Gasteiger partial charge in [-0.1, -0.05) is 43.4 Å². The molecule has 0 unspecified atom stereocenters. The second-order valence-electron chi connectivity index (χ2n) is 9.25. The summed E-state index contributed by atoms with van der Waals surface area (Å²) >= 11 is 0. The molecule has 1 aliphatic carbocycles. The van der Waals surface area contributed by atoms with Crippen LogP contribution in [0.15, 0.2) is 42.5 Å². The van der Waals surface area contributed by atoms with E-state index in [4.69, 9.17) is 15.0 Å². The highest BCUT2D eigenvalue weighted by Crippen LogP contribution is 2.38. The summed E-state index contributed by atoms with van der Waals surface area (Å²) in [6, 6.07) is 6.08. The van der Waals surface area contributed by atoms with Crippen LogP contribution in [-0.2, 0) is 15.7 Å². The molecular weight excluding hydrogens is 349 g/mol. The van der Waals surface area contributed by atoms with E-state index in [9.17, 15) is 0 Å². The first-order valence-electron chi connectivity index (χ1n) is 9.85. The van der Waals surface area contributed by atoms with Gasteiger partial charge in [0.1, 0.15) is 5.82 Å². The smallest absolute Gasteiger partial charge is 0.399 e. The SMILES string of the molecule is CC1(C)OB(c2ccc3nnc(N)c(C[C@]4(C)C=CC=CC4)c3c2)OC1(C)C. The van der Waals surface area contributed by atoms with Crippen molar-refractivity contribution in [2.75, 3.05) is 5.73 Å². The number of benzene rings is 1. The van der Waals surface area contributed by atoms with Crippen LogP contribution in [0.5, 0.6) is 0 Å². The number of aromatic nitrogens is 2. The van der Waals surface area contributed by atoms with Gasteiger partial charge in [-0.05, 0) is 57.5 Å². The molecule has 28 heavy (non-hydrogen) atoms. The number of rotatable bonds is 3. The summed E-state index contributed by atoms with van der Waals surface area (Å²) < 4.78 is 12.5. The average molecular weight is 377 g/mol. The van der Waals surface area contributed by atoms with Crippen LogP contribution >= 0.6 is 0 Å². The Morgan fingerprint density at radius 3 is 2.39 bits per heavy atom. The number of allylic oxidation sites excluding steroid dienone is 4. The molecule has 2 aromatic rings. The molecule has 5 nitrogen and oxygen atoms in total. The zero-order chi connectivity index (χ0) is 20.2. The highest BCUT2D eigenvalue weighted by atomic mass is 16.7. The standard InChI is InChI=1S/C22H28BN3O2/c1-20(2)21(3,4)28-23(27-20)15-9-10-18-16(13-15)17(19(24)26-25-18)14-22(5)11-7-6-8-12-22/h6-11,13H,12,14H2,1-5H3,(H2,24,26)/t22-/m1/s1. The minimum atomic E-state index is -0.412. The van der Waals surface area contributed by atoms with Gasteiger partial charge in [-0.15, -0.1) is 10.2 Å². The van der Waals surface area contributed by atoms with Crippen molar-refractivity contribution in [2.45, 2.75) is 58.7 Å². The van der Waals surface area contributed by atoms with E-state index >= 15 is 0 Å². The molecule has 2 heterocycles. The topological polar surface area (TPSA) is 70.3 Å². The first-order chi connectivity index (χ1) is 13.1. The predicted molar refractivity (Wildman–Crippen MR) is 114 cm³/mol. The molecule has 0 bridgehead atoms. The molecule has 1 atom stereocenters. The number of nitrogens with zero attached hydrogens (tertiary/aromatic N) is 2. The van der Waals surface area contributed by atoms with Gasteiger partial charge in [0.25, 0.3) is 0 Å². The van der Waals surface area contributed by atoms with Gasteiger partial charge in [-0.3, -0.25) is 0 Å². The molecule has 1 aliphatic heterocycles. The van der Waals surface area contributed by atoms with E-state index in [1.54, 1.807) is 0 Å². The van der Waals surface area contributed by atoms with E-state index in [2.05, 4.69) is 75.2 Å². The van der Waals surface area contributed by atoms with Crippen molar-refractivity contribution in [3.05, 3.63) is 48.1 Å². The van der Waals surface area contributed by atoms with Gasteiger partial charge < -0.3 is 15.0 Å². The highest BCUT2D eigenvalue weighted by molar-refractivity contribution is 6.62. The minimum Gasteiger partial charge on any atom is -0.399 e. The quantitative estimate of drug-likeness (QED) is 0.828. The molecular formula is C22H28BN3O2. The molecule has 6 heteroatoms. The van der Waals surface area contributed by atoms with Crippen LogP contribution in [0.4, 0.5) is 5.82 Å². The summed E-state index contributed by atoms with van der Waals surface area (Å²) in [4.78, 5) is 0. The molecule has 0 saturated carbocycles. The fraction of sp³-hybridized carbons (Fsp3) is 0.455. The lowest BCUT2D eigenvalue weighted by Crippen LogP contribution is -2.41. The van der Waals surface area contributed by atoms with Crippen molar-refractivity contribution in [3.8, 4) is 0 Å². The van der Waals surface area contributed by atoms with Crippen LogP contribution in [0.1, 0.15) is 46.6 Å². The molecule has 0 radical (unpaired) electrons. The number of fused-ring (bicyclic) bond motifs is 1. The van der Waals surface area contributed by atoms with Crippen molar-refractivity contribution in [2.24, 2.45) is 5.41 Å². The Hall–Kier alpha value is -2.18. The molecule has 0 amide bonds. The monoisotopic (exact) mass is 377 g/mol. The summed E-state index contributed by atoms with van der Waals surface area (Å²) in [7, 11) is -0.412. The molecule has 2 N–H and O–H groups in total. The lowest BCUT2D eigenvalue weighted by Gasteiger charge is -2.32. The van der Waals surface area contributed by atoms with Crippen molar-refractivity contribution < 1.29 is 9.31 Å². The van der Waals surface area contributed by atoms with Gasteiger partial charge in [0.2, 0.25) is 0 Å². The summed E-state index contributed by atoms with van der Waals surface area (Å²) in [5.41, 5.74) is 8.38. The van der Waals surface area contributed by atoms with Gasteiger partial charge in [0.05, 0.1) is 16.7 Å². The molecule has 1 aromatic carbocycles. The van der Waals surface area contributed by atoms with Crippen molar-refractivity contribution in [3.63, 3.8) is 0 Å². The largest absolute Gasteiger partial charge is 0.494 e. The average Bonchev–Trinajstić information content (AvgIpc) is 2.85. The first-order valence-corrected chi connectivity index (χ1v) is 9.85. The Labute approximate surface area is 167 Å². The highest BCUT2D eigenvalue weighted by Gasteiger charge is 2.51. The van der Waals surface area contributed by atoms with E-state index < -0.39 is 7.12 Å². The second-order valence-corrected chi connectivity index (χ2v) is 9.25. The van der Waals surface area contributed by atoms with Crippen LogP contribution in [0.25, 0.3) is 10.9 Å². The molecule has 2 aliphatic rings. The van der Waals surface area contributed by atoms with Crippen molar-refractivity contribution >= 4 is 29.3 Å². The second kappa shape index (κ2) is 6.43. The Morgan fingerprint density at radius 1 is 1.04 bits per heavy atom. The molecule has 1 fully saturated rings. The fourth-order valence-electron chi connectivity index (χ4n) is 3.81. The zero-order valence-corrected chi connectivity index (χ0v) is 17.3. The number of hydrogen-bond donors (Lipinski definition) is 1. The summed E-state index contributed by atoms with van der Waals surface area (Å²) in [6.45, 7) is 10.5. The van der Waals surface area contributed by atoms with Gasteiger partial charge in [0.15, 0.2) is 0 Å². The van der Waals surface area contributed by atoms with E-state index in [0.29, 0.717) is 5.82 Å². The van der Waals surface area contributed by atoms with Gasteiger partial charge in [-0.2, -0.15) is 0 Å². The van der Waals surface area contributed by atoms with Crippen LogP contribution in [-0.4, -0.2) is 28.5 Å². The Balaban J connectivity index is 1.75. The van der Waals surface area contributed by atoms with Crippen LogP contribution < -0.4 is 11.2 Å². The number of hydrogen-bond acceptors (Lipinski definition) is 5. The Bertz CT molecular complexity index is 967. The van der Waals surface area contributed by atoms with Gasteiger partial charge >= 0.3 is 7.12 Å².